The number of rotatable bonds is 3. The Morgan fingerprint density at radius 3 is 3.00 bits per heavy atom. The van der Waals surface area contributed by atoms with Gasteiger partial charge in [0.25, 0.3) is 0 Å². The zero-order valence-corrected chi connectivity index (χ0v) is 7.44. The molecule has 1 aliphatic rings. The fraction of sp³-hybridized carbons (Fsp3) is 0.556. The van der Waals surface area contributed by atoms with Crippen LogP contribution < -0.4 is 5.73 Å². The summed E-state index contributed by atoms with van der Waals surface area (Å²) >= 11 is 0. The second-order valence-electron chi connectivity index (χ2n) is 3.26. The van der Waals surface area contributed by atoms with Crippen molar-refractivity contribution in [3.63, 3.8) is 0 Å². The van der Waals surface area contributed by atoms with Gasteiger partial charge in [0, 0.05) is 18.5 Å². The number of aromatic nitrogens is 2. The Balaban J connectivity index is 2.04. The van der Waals surface area contributed by atoms with Gasteiger partial charge in [-0.05, 0) is 12.8 Å². The van der Waals surface area contributed by atoms with Crippen molar-refractivity contribution in [1.29, 1.82) is 0 Å². The molecule has 4 heteroatoms. The van der Waals surface area contributed by atoms with Gasteiger partial charge in [-0.3, -0.25) is 0 Å². The molecule has 0 aromatic carbocycles. The maximum atomic E-state index is 5.30. The van der Waals surface area contributed by atoms with Gasteiger partial charge in [0.2, 0.25) is 5.89 Å². The van der Waals surface area contributed by atoms with Gasteiger partial charge < -0.3 is 10.3 Å². The molecular weight excluding hydrogens is 166 g/mol. The maximum Gasteiger partial charge on any atom is 0.250 e. The first-order chi connectivity index (χ1) is 6.40. The quantitative estimate of drug-likeness (QED) is 0.759. The lowest BCUT2D eigenvalue weighted by molar-refractivity contribution is 0.360. The van der Waals surface area contributed by atoms with Crippen LogP contribution in [0.1, 0.15) is 36.9 Å². The summed E-state index contributed by atoms with van der Waals surface area (Å²) in [4.78, 5) is 4.25. The monoisotopic (exact) mass is 179 g/mol. The van der Waals surface area contributed by atoms with Crippen LogP contribution in [-0.4, -0.2) is 16.7 Å². The van der Waals surface area contributed by atoms with Crippen molar-refractivity contribution >= 4 is 6.08 Å². The summed E-state index contributed by atoms with van der Waals surface area (Å²) in [5.74, 6) is 1.94. The average molecular weight is 179 g/mol. The average Bonchev–Trinajstić information content (AvgIpc) is 2.46. The lowest BCUT2D eigenvalue weighted by Gasteiger charge is -2.20. The lowest BCUT2D eigenvalue weighted by Crippen LogP contribution is -2.10. The molecule has 1 heterocycles. The molecule has 0 bridgehead atoms. The molecule has 0 spiro atoms. The van der Waals surface area contributed by atoms with Crippen LogP contribution in [0, 0.1) is 0 Å². The van der Waals surface area contributed by atoms with E-state index in [-0.39, 0.29) is 0 Å². The normalized spacial score (nSPS) is 17.9. The highest BCUT2D eigenvalue weighted by atomic mass is 16.5. The summed E-state index contributed by atoms with van der Waals surface area (Å²) in [5, 5.41) is 3.91. The van der Waals surface area contributed by atoms with Crippen molar-refractivity contribution in [3.8, 4) is 0 Å². The summed E-state index contributed by atoms with van der Waals surface area (Å²) in [6, 6.07) is 0. The molecule has 0 radical (unpaired) electrons. The topological polar surface area (TPSA) is 64.9 Å². The van der Waals surface area contributed by atoms with Crippen molar-refractivity contribution in [2.45, 2.75) is 25.2 Å². The minimum Gasteiger partial charge on any atom is -0.335 e. The van der Waals surface area contributed by atoms with E-state index in [1.165, 1.54) is 19.3 Å². The molecule has 0 unspecified atom stereocenters. The molecule has 2 N–H and O–H groups in total. The van der Waals surface area contributed by atoms with Gasteiger partial charge in [-0.25, -0.2) is 0 Å². The molecule has 1 fully saturated rings. The van der Waals surface area contributed by atoms with Gasteiger partial charge in [0.05, 0.1) is 0 Å². The van der Waals surface area contributed by atoms with Crippen LogP contribution in [0.2, 0.25) is 0 Å². The number of nitrogens with two attached hydrogens (primary N) is 1. The fourth-order valence-corrected chi connectivity index (χ4v) is 1.32. The Morgan fingerprint density at radius 2 is 2.38 bits per heavy atom. The van der Waals surface area contributed by atoms with E-state index in [9.17, 15) is 0 Å². The summed E-state index contributed by atoms with van der Waals surface area (Å²) in [5.41, 5.74) is 5.30. The lowest BCUT2D eigenvalue weighted by atomic mass is 9.85. The van der Waals surface area contributed by atoms with Gasteiger partial charge in [-0.1, -0.05) is 17.7 Å². The van der Waals surface area contributed by atoms with E-state index in [0.717, 1.165) is 5.82 Å². The molecule has 70 valence electrons. The highest BCUT2D eigenvalue weighted by molar-refractivity contribution is 5.37. The second-order valence-corrected chi connectivity index (χ2v) is 3.26. The first kappa shape index (κ1) is 8.44. The molecule has 1 aromatic heterocycles. The minimum atomic E-state index is 0.501. The van der Waals surface area contributed by atoms with E-state index < -0.39 is 0 Å². The largest absolute Gasteiger partial charge is 0.335 e. The Hall–Kier alpha value is -1.16. The third-order valence-electron chi connectivity index (χ3n) is 2.32. The molecule has 1 aliphatic carbocycles. The fourth-order valence-electron chi connectivity index (χ4n) is 1.32. The maximum absolute atomic E-state index is 5.30. The van der Waals surface area contributed by atoms with Crippen LogP contribution in [0.5, 0.6) is 0 Å². The standard InChI is InChI=1S/C9H13N3O/c10-6-2-5-8-11-9(12-13-8)7-3-1-4-7/h2,5,7H,1,3-4,6,10H2/b5-2+. The second kappa shape index (κ2) is 3.70. The van der Waals surface area contributed by atoms with E-state index in [4.69, 9.17) is 10.3 Å². The van der Waals surface area contributed by atoms with Gasteiger partial charge in [0.15, 0.2) is 5.82 Å². The van der Waals surface area contributed by atoms with Crippen LogP contribution in [0.4, 0.5) is 0 Å². The van der Waals surface area contributed by atoms with Crippen LogP contribution in [-0.2, 0) is 0 Å². The SMILES string of the molecule is NC/C=C/c1nc(C2CCC2)no1. The highest BCUT2D eigenvalue weighted by Gasteiger charge is 2.23. The number of hydrogen-bond donors (Lipinski definition) is 1. The Kier molecular flexibility index (Phi) is 2.40. The Bertz CT molecular complexity index is 302. The van der Waals surface area contributed by atoms with Crippen LogP contribution in [0.15, 0.2) is 10.6 Å². The van der Waals surface area contributed by atoms with E-state index >= 15 is 0 Å². The third kappa shape index (κ3) is 1.78. The highest BCUT2D eigenvalue weighted by Crippen LogP contribution is 2.34. The van der Waals surface area contributed by atoms with E-state index in [1.54, 1.807) is 12.2 Å². The first-order valence-electron chi connectivity index (χ1n) is 4.60. The summed E-state index contributed by atoms with van der Waals surface area (Å²) < 4.78 is 5.02. The van der Waals surface area contributed by atoms with E-state index in [2.05, 4.69) is 10.1 Å². The molecular formula is C9H13N3O. The Morgan fingerprint density at radius 1 is 1.54 bits per heavy atom. The van der Waals surface area contributed by atoms with Gasteiger partial charge >= 0.3 is 0 Å². The zero-order valence-electron chi connectivity index (χ0n) is 7.44. The third-order valence-corrected chi connectivity index (χ3v) is 2.32. The van der Waals surface area contributed by atoms with E-state index in [1.807, 2.05) is 0 Å². The molecule has 0 saturated heterocycles. The smallest absolute Gasteiger partial charge is 0.250 e. The number of hydrogen-bond acceptors (Lipinski definition) is 4. The van der Waals surface area contributed by atoms with Crippen LogP contribution in [0.3, 0.4) is 0 Å². The van der Waals surface area contributed by atoms with Crippen molar-refractivity contribution in [3.05, 3.63) is 17.8 Å². The molecule has 0 atom stereocenters. The van der Waals surface area contributed by atoms with Crippen molar-refractivity contribution in [2.24, 2.45) is 5.73 Å². The summed E-state index contributed by atoms with van der Waals surface area (Å²) in [7, 11) is 0. The molecule has 4 nitrogen and oxygen atoms in total. The predicted molar refractivity (Wildman–Crippen MR) is 49.0 cm³/mol. The molecule has 1 saturated carbocycles. The van der Waals surface area contributed by atoms with Crippen molar-refractivity contribution in [1.82, 2.24) is 10.1 Å². The predicted octanol–water partition coefficient (Wildman–Crippen LogP) is 1.31. The summed E-state index contributed by atoms with van der Waals surface area (Å²) in [6.07, 6.45) is 7.24. The zero-order chi connectivity index (χ0) is 9.10. The van der Waals surface area contributed by atoms with Gasteiger partial charge in [-0.2, -0.15) is 4.98 Å². The Labute approximate surface area is 76.8 Å². The van der Waals surface area contributed by atoms with Crippen molar-refractivity contribution in [2.75, 3.05) is 6.54 Å². The minimum absolute atomic E-state index is 0.501. The molecule has 0 amide bonds. The van der Waals surface area contributed by atoms with Crippen LogP contribution in [0.25, 0.3) is 6.08 Å². The molecule has 2 rings (SSSR count). The number of nitrogens with zero attached hydrogens (tertiary/aromatic N) is 2. The molecule has 1 aromatic rings. The van der Waals surface area contributed by atoms with Crippen molar-refractivity contribution < 1.29 is 4.52 Å². The first-order valence-corrected chi connectivity index (χ1v) is 4.60. The molecule has 13 heavy (non-hydrogen) atoms. The van der Waals surface area contributed by atoms with E-state index in [0.29, 0.717) is 18.4 Å². The van der Waals surface area contributed by atoms with Gasteiger partial charge in [0.1, 0.15) is 0 Å². The van der Waals surface area contributed by atoms with Crippen LogP contribution >= 0.6 is 0 Å². The van der Waals surface area contributed by atoms with Gasteiger partial charge in [-0.15, -0.1) is 0 Å². The molecule has 0 aliphatic heterocycles. The summed E-state index contributed by atoms with van der Waals surface area (Å²) in [6.45, 7) is 0.501.